The molecule has 4 rings (SSSR count). The maximum atomic E-state index is 11.9. The molecule has 0 fully saturated rings. The fourth-order valence-corrected chi connectivity index (χ4v) is 9.69. The van der Waals surface area contributed by atoms with Crippen LogP contribution in [0.3, 0.4) is 0 Å². The molecule has 4 aromatic rings. The van der Waals surface area contributed by atoms with E-state index < -0.39 is 10.9 Å². The lowest BCUT2D eigenvalue weighted by atomic mass is 9.82. The standard InChI is InChI=1S/C19H34N2O2.C18H32N2O2.C13H22N2O3.C12H20N2O3/c1-7-11-21(12-8-2)14-10-9-13-20(6)16-15(19(3,4)5)17(22)18(16)23;1-7-11-20(8-2)13-10-9-12-19(6)15-14(18(3,4)5)16(21)17(15)22;1-13(2,3)9-10(12(17)11(9)16)15-6-8-18-7-5-14-4;1-12(2,3)8-9(11(16)10(8)15)14-5-7-17-6-4-13/h7-14H2,1-6H3;7-13H2,1-6H3;14-15H,5-8H2,1-4H3;14H,4-7,13H2,1-3H3. The summed E-state index contributed by atoms with van der Waals surface area (Å²) in [5, 5.41) is 8.93. The number of nitrogens with two attached hydrogens (primary N) is 1. The van der Waals surface area contributed by atoms with E-state index in [0.29, 0.717) is 91.1 Å². The smallest absolute Gasteiger partial charge is 0.249 e. The van der Waals surface area contributed by atoms with E-state index in [9.17, 15) is 38.4 Å². The van der Waals surface area contributed by atoms with E-state index >= 15 is 0 Å². The molecule has 5 N–H and O–H groups in total. The van der Waals surface area contributed by atoms with Gasteiger partial charge in [0.25, 0.3) is 0 Å². The molecule has 0 heterocycles. The van der Waals surface area contributed by atoms with Crippen LogP contribution in [0.4, 0.5) is 22.7 Å². The van der Waals surface area contributed by atoms with Crippen molar-refractivity contribution in [3.05, 3.63) is 104 Å². The summed E-state index contributed by atoms with van der Waals surface area (Å²) in [7, 11) is 5.72. The monoisotopic (exact) mass is 1120 g/mol. The highest BCUT2D eigenvalue weighted by atomic mass is 16.5. The molecule has 456 valence electrons. The number of hydrogen-bond acceptors (Lipinski definition) is 18. The van der Waals surface area contributed by atoms with Crippen LogP contribution in [-0.4, -0.2) is 136 Å². The molecule has 0 radical (unpaired) electrons. The first kappa shape index (κ1) is 73.3. The molecule has 80 heavy (non-hydrogen) atoms. The number of unbranched alkanes of at least 4 members (excludes halogenated alkanes) is 2. The number of likely N-dealkylation sites (N-methyl/N-ethyl adjacent to an activating group) is 1. The Morgan fingerprint density at radius 1 is 0.400 bits per heavy atom. The zero-order chi connectivity index (χ0) is 61.3. The van der Waals surface area contributed by atoms with Crippen LogP contribution in [0.2, 0.25) is 0 Å². The van der Waals surface area contributed by atoms with E-state index in [1.165, 1.54) is 19.3 Å². The van der Waals surface area contributed by atoms with Gasteiger partial charge in [-0.25, -0.2) is 0 Å². The molecule has 0 atom stereocenters. The van der Waals surface area contributed by atoms with Crippen LogP contribution in [0.25, 0.3) is 0 Å². The molecule has 0 spiro atoms. The molecule has 18 heteroatoms. The highest BCUT2D eigenvalue weighted by molar-refractivity contribution is 5.62. The van der Waals surface area contributed by atoms with Crippen LogP contribution >= 0.6 is 0 Å². The molecular formula is C62H108N8O10. The first-order valence-electron chi connectivity index (χ1n) is 29.5. The molecule has 0 aliphatic carbocycles. The highest BCUT2D eigenvalue weighted by Gasteiger charge is 2.34. The van der Waals surface area contributed by atoms with Crippen LogP contribution in [0.15, 0.2) is 38.4 Å². The highest BCUT2D eigenvalue weighted by Crippen LogP contribution is 2.30. The topological polar surface area (TPSA) is 230 Å². The van der Waals surface area contributed by atoms with Gasteiger partial charge in [-0.2, -0.15) is 0 Å². The van der Waals surface area contributed by atoms with E-state index in [1.807, 2.05) is 114 Å². The largest absolute Gasteiger partial charge is 0.379 e. The van der Waals surface area contributed by atoms with Gasteiger partial charge in [0.1, 0.15) is 0 Å². The first-order chi connectivity index (χ1) is 37.3. The van der Waals surface area contributed by atoms with E-state index in [-0.39, 0.29) is 54.2 Å². The second-order valence-electron chi connectivity index (χ2n) is 25.1. The molecule has 0 saturated heterocycles. The molecule has 18 nitrogen and oxygen atoms in total. The SMILES string of the molecule is CC(C)(C)c1c(NCCOCCN)c(=O)c1=O.CCCN(CC)CCCCN(C)c1c(C(C)(C)C)c(=O)c1=O.CCCN(CCC)CCCCN(C)c1c(C(C)(C)C)c(=O)c1=O.CNCCOCCNc1c(C(C)(C)C)c(=O)c1=O. The minimum Gasteiger partial charge on any atom is -0.379 e. The fraction of sp³-hybridized carbons (Fsp3) is 0.742. The minimum absolute atomic E-state index is 0.255. The summed E-state index contributed by atoms with van der Waals surface area (Å²) in [6, 6.07) is 0. The van der Waals surface area contributed by atoms with Crippen LogP contribution < -0.4 is 74.9 Å². The Morgan fingerprint density at radius 3 is 1.04 bits per heavy atom. The zero-order valence-corrected chi connectivity index (χ0v) is 53.2. The van der Waals surface area contributed by atoms with Gasteiger partial charge in [0, 0.05) is 75.6 Å². The minimum atomic E-state index is -0.422. The van der Waals surface area contributed by atoms with Gasteiger partial charge in [0.05, 0.1) is 49.2 Å². The van der Waals surface area contributed by atoms with E-state index in [0.717, 1.165) is 84.6 Å². The molecule has 4 aromatic carbocycles. The summed E-state index contributed by atoms with van der Waals surface area (Å²) < 4.78 is 10.5. The summed E-state index contributed by atoms with van der Waals surface area (Å²) in [5.74, 6) is 0. The lowest BCUT2D eigenvalue weighted by molar-refractivity contribution is 0.147. The predicted molar refractivity (Wildman–Crippen MR) is 336 cm³/mol. The van der Waals surface area contributed by atoms with Crippen molar-refractivity contribution < 1.29 is 9.47 Å². The Hall–Kier alpha value is -4.72. The van der Waals surface area contributed by atoms with Crippen molar-refractivity contribution in [3.8, 4) is 0 Å². The number of nitrogens with one attached hydrogen (secondary N) is 3. The Morgan fingerprint density at radius 2 is 0.713 bits per heavy atom. The maximum Gasteiger partial charge on any atom is 0.249 e. The summed E-state index contributed by atoms with van der Waals surface area (Å²) in [6.07, 6.45) is 7.91. The van der Waals surface area contributed by atoms with Crippen molar-refractivity contribution >= 4 is 22.7 Å². The van der Waals surface area contributed by atoms with E-state index in [1.54, 1.807) is 0 Å². The molecule has 0 bridgehead atoms. The lowest BCUT2D eigenvalue weighted by Crippen LogP contribution is -2.46. The second kappa shape index (κ2) is 34.7. The molecule has 0 aromatic heterocycles. The first-order valence-corrected chi connectivity index (χ1v) is 29.5. The van der Waals surface area contributed by atoms with Crippen molar-refractivity contribution in [1.29, 1.82) is 0 Å². The molecular weight excluding hydrogens is 1020 g/mol. The van der Waals surface area contributed by atoms with Crippen LogP contribution in [-0.2, 0) is 31.1 Å². The summed E-state index contributed by atoms with van der Waals surface area (Å²) in [5.41, 5.74) is 6.16. The predicted octanol–water partition coefficient (Wildman–Crippen LogP) is 5.64. The van der Waals surface area contributed by atoms with Gasteiger partial charge in [-0.15, -0.1) is 0 Å². The number of nitrogens with zero attached hydrogens (tertiary/aromatic N) is 4. The van der Waals surface area contributed by atoms with Crippen molar-refractivity contribution in [2.24, 2.45) is 5.73 Å². The molecule has 0 unspecified atom stereocenters. The normalized spacial score (nSPS) is 12.2. The molecule has 0 amide bonds. The van der Waals surface area contributed by atoms with Gasteiger partial charge in [-0.1, -0.05) is 111 Å². The van der Waals surface area contributed by atoms with Gasteiger partial charge in [0.2, 0.25) is 43.4 Å². The van der Waals surface area contributed by atoms with Crippen LogP contribution in [0.5, 0.6) is 0 Å². The summed E-state index contributed by atoms with van der Waals surface area (Å²) >= 11 is 0. The molecule has 0 aliphatic heterocycles. The average molecular weight is 1130 g/mol. The van der Waals surface area contributed by atoms with Gasteiger partial charge >= 0.3 is 0 Å². The Balaban J connectivity index is 0.000000537. The Kier molecular flexibility index (Phi) is 31.8. The third-order valence-corrected chi connectivity index (χ3v) is 13.7. The summed E-state index contributed by atoms with van der Waals surface area (Å²) in [6.45, 7) is 45.2. The Labute approximate surface area is 479 Å². The Bertz CT molecular complexity index is 2720. The summed E-state index contributed by atoms with van der Waals surface area (Å²) in [4.78, 5) is 102. The van der Waals surface area contributed by atoms with E-state index in [4.69, 9.17) is 15.2 Å². The number of hydrogen-bond donors (Lipinski definition) is 4. The van der Waals surface area contributed by atoms with Gasteiger partial charge in [0.15, 0.2) is 0 Å². The zero-order valence-electron chi connectivity index (χ0n) is 53.2. The van der Waals surface area contributed by atoms with Crippen molar-refractivity contribution in [3.63, 3.8) is 0 Å². The van der Waals surface area contributed by atoms with Gasteiger partial charge in [-0.3, -0.25) is 38.4 Å². The van der Waals surface area contributed by atoms with Crippen molar-refractivity contribution in [2.75, 3.05) is 147 Å². The van der Waals surface area contributed by atoms with E-state index in [2.05, 4.69) is 53.4 Å². The van der Waals surface area contributed by atoms with Crippen molar-refractivity contribution in [2.45, 2.75) is 177 Å². The fourth-order valence-electron chi connectivity index (χ4n) is 9.69. The molecule has 0 saturated carbocycles. The van der Waals surface area contributed by atoms with Crippen molar-refractivity contribution in [1.82, 2.24) is 15.1 Å². The number of ether oxygens (including phenoxy) is 2. The second-order valence-corrected chi connectivity index (χ2v) is 25.1. The van der Waals surface area contributed by atoms with Gasteiger partial charge < -0.3 is 50.8 Å². The number of anilines is 4. The quantitative estimate of drug-likeness (QED) is 0.0342. The lowest BCUT2D eigenvalue weighted by Gasteiger charge is -2.29. The van der Waals surface area contributed by atoms with Crippen LogP contribution in [0.1, 0.15) is 178 Å². The van der Waals surface area contributed by atoms with Gasteiger partial charge in [-0.05, 0) is 113 Å². The maximum absolute atomic E-state index is 11.9. The average Bonchev–Trinajstić information content (AvgIpc) is 3.37. The molecule has 0 aliphatic rings. The van der Waals surface area contributed by atoms with Crippen LogP contribution in [0, 0.1) is 0 Å². The third-order valence-electron chi connectivity index (χ3n) is 13.7. The third kappa shape index (κ3) is 22.2. The number of rotatable bonds is 32.